The van der Waals surface area contributed by atoms with Gasteiger partial charge in [-0.3, -0.25) is 4.99 Å². The Kier molecular flexibility index (Phi) is 12.1. The molecule has 1 rings (SSSR count). The van der Waals surface area contributed by atoms with Gasteiger partial charge in [-0.2, -0.15) is 0 Å². The van der Waals surface area contributed by atoms with E-state index < -0.39 is 0 Å². The number of aliphatic imine (C=N–C) groups is 1. The molecule has 2 N–H and O–H groups in total. The van der Waals surface area contributed by atoms with Crippen LogP contribution in [0.5, 0.6) is 0 Å². The van der Waals surface area contributed by atoms with Crippen molar-refractivity contribution in [3.05, 3.63) is 12.2 Å². The van der Waals surface area contributed by atoms with Gasteiger partial charge in [-0.05, 0) is 60.0 Å². The Morgan fingerprint density at radius 3 is 2.52 bits per heavy atom. The zero-order valence-corrected chi connectivity index (χ0v) is 16.4. The minimum absolute atomic E-state index is 0. The molecule has 0 saturated heterocycles. The normalized spacial score (nSPS) is 15.6. The Morgan fingerprint density at radius 2 is 1.95 bits per heavy atom. The maximum Gasteiger partial charge on any atom is 0.191 e. The number of guanidine groups is 1. The number of hydrogen-bond donors (Lipinski definition) is 2. The first kappa shape index (κ1) is 20.7. The summed E-state index contributed by atoms with van der Waals surface area (Å²) in [7, 11) is 2.19. The third kappa shape index (κ3) is 9.34. The summed E-state index contributed by atoms with van der Waals surface area (Å²) in [5.74, 6) is 0.971. The second kappa shape index (κ2) is 12.3. The molecule has 0 atom stereocenters. The lowest BCUT2D eigenvalue weighted by molar-refractivity contribution is 0.269. The van der Waals surface area contributed by atoms with Gasteiger partial charge in [0.15, 0.2) is 5.96 Å². The van der Waals surface area contributed by atoms with Crippen molar-refractivity contribution in [3.8, 4) is 0 Å². The van der Waals surface area contributed by atoms with Gasteiger partial charge in [-0.1, -0.05) is 12.2 Å². The van der Waals surface area contributed by atoms with Crippen LogP contribution in [0.4, 0.5) is 0 Å². The molecule has 5 heteroatoms. The van der Waals surface area contributed by atoms with Crippen LogP contribution in [-0.2, 0) is 0 Å². The molecule has 0 aromatic heterocycles. The van der Waals surface area contributed by atoms with Crippen LogP contribution in [0.3, 0.4) is 0 Å². The fraction of sp³-hybridized carbons (Fsp3) is 0.812. The van der Waals surface area contributed by atoms with E-state index in [1.165, 1.54) is 6.42 Å². The molecule has 4 nitrogen and oxygen atoms in total. The molecule has 21 heavy (non-hydrogen) atoms. The predicted octanol–water partition coefficient (Wildman–Crippen LogP) is 3.00. The molecule has 0 bridgehead atoms. The van der Waals surface area contributed by atoms with Crippen LogP contribution in [0, 0.1) is 0 Å². The van der Waals surface area contributed by atoms with E-state index in [-0.39, 0.29) is 24.0 Å². The maximum absolute atomic E-state index is 4.67. The summed E-state index contributed by atoms with van der Waals surface area (Å²) in [5, 5.41) is 6.83. The summed E-state index contributed by atoms with van der Waals surface area (Å²) in [6.07, 6.45) is 9.07. The molecule has 1 aliphatic rings. The molecule has 124 valence electrons. The average molecular weight is 408 g/mol. The van der Waals surface area contributed by atoms with Crippen molar-refractivity contribution in [1.82, 2.24) is 15.5 Å². The molecule has 0 radical (unpaired) electrons. The molecule has 1 aliphatic carbocycles. The summed E-state index contributed by atoms with van der Waals surface area (Å²) in [5.41, 5.74) is 0. The van der Waals surface area contributed by atoms with Gasteiger partial charge in [0.25, 0.3) is 0 Å². The monoisotopic (exact) mass is 408 g/mol. The standard InChI is InChI=1S/C16H32N4.HI/c1-5-17-16(19-15-10-6-7-11-15)18-12-8-9-13-20(4)14(2)3;/h6-7,14-15H,5,8-13H2,1-4H3,(H2,17,18,19);1H. The van der Waals surface area contributed by atoms with Crippen molar-refractivity contribution in [2.45, 2.75) is 58.5 Å². The summed E-state index contributed by atoms with van der Waals surface area (Å²) in [4.78, 5) is 7.05. The molecule has 0 fully saturated rings. The average Bonchev–Trinajstić information content (AvgIpc) is 2.91. The number of nitrogens with zero attached hydrogens (tertiary/aromatic N) is 2. The number of halogens is 1. The maximum atomic E-state index is 4.67. The fourth-order valence-electron chi connectivity index (χ4n) is 2.17. The van der Waals surface area contributed by atoms with Gasteiger partial charge < -0.3 is 15.5 Å². The minimum atomic E-state index is 0. The highest BCUT2D eigenvalue weighted by atomic mass is 127. The van der Waals surface area contributed by atoms with Crippen LogP contribution >= 0.6 is 24.0 Å². The SMILES string of the molecule is CCNC(=NCCCCN(C)C(C)C)NC1CC=CC1.I. The first-order valence-electron chi connectivity index (χ1n) is 8.03. The van der Waals surface area contributed by atoms with Gasteiger partial charge in [-0.15, -0.1) is 24.0 Å². The quantitative estimate of drug-likeness (QED) is 0.213. The molecule has 0 saturated carbocycles. The van der Waals surface area contributed by atoms with Crippen LogP contribution in [-0.4, -0.2) is 49.6 Å². The molecular formula is C16H33IN4. The second-order valence-electron chi connectivity index (χ2n) is 5.83. The smallest absolute Gasteiger partial charge is 0.191 e. The summed E-state index contributed by atoms with van der Waals surface area (Å²) in [6.45, 7) is 9.57. The third-order valence-corrected chi connectivity index (χ3v) is 3.76. The Balaban J connectivity index is 0.00000400. The minimum Gasteiger partial charge on any atom is -0.357 e. The van der Waals surface area contributed by atoms with Gasteiger partial charge in [-0.25, -0.2) is 0 Å². The Morgan fingerprint density at radius 1 is 1.29 bits per heavy atom. The van der Waals surface area contributed by atoms with E-state index in [1.54, 1.807) is 0 Å². The second-order valence-corrected chi connectivity index (χ2v) is 5.83. The van der Waals surface area contributed by atoms with Crippen LogP contribution < -0.4 is 10.6 Å². The molecule has 0 spiro atoms. The van der Waals surface area contributed by atoms with Gasteiger partial charge >= 0.3 is 0 Å². The van der Waals surface area contributed by atoms with E-state index in [0.29, 0.717) is 12.1 Å². The van der Waals surface area contributed by atoms with Crippen LogP contribution in [0.1, 0.15) is 46.5 Å². The number of hydrogen-bond acceptors (Lipinski definition) is 2. The molecule has 0 aliphatic heterocycles. The van der Waals surface area contributed by atoms with E-state index in [0.717, 1.165) is 44.9 Å². The largest absolute Gasteiger partial charge is 0.357 e. The molecule has 0 unspecified atom stereocenters. The summed E-state index contributed by atoms with van der Waals surface area (Å²) < 4.78 is 0. The Labute approximate surface area is 147 Å². The van der Waals surface area contributed by atoms with E-state index >= 15 is 0 Å². The van der Waals surface area contributed by atoms with E-state index in [2.05, 4.69) is 60.5 Å². The zero-order chi connectivity index (χ0) is 14.8. The molecular weight excluding hydrogens is 375 g/mol. The van der Waals surface area contributed by atoms with Crippen LogP contribution in [0.2, 0.25) is 0 Å². The van der Waals surface area contributed by atoms with Crippen molar-refractivity contribution >= 4 is 29.9 Å². The van der Waals surface area contributed by atoms with E-state index in [4.69, 9.17) is 0 Å². The van der Waals surface area contributed by atoms with Crippen molar-refractivity contribution in [1.29, 1.82) is 0 Å². The van der Waals surface area contributed by atoms with Gasteiger partial charge in [0.05, 0.1) is 0 Å². The third-order valence-electron chi connectivity index (χ3n) is 3.76. The molecule has 0 amide bonds. The first-order chi connectivity index (χ1) is 9.63. The molecule has 0 aromatic carbocycles. The number of unbranched alkanes of at least 4 members (excludes halogenated alkanes) is 1. The highest BCUT2D eigenvalue weighted by Crippen LogP contribution is 2.08. The highest BCUT2D eigenvalue weighted by Gasteiger charge is 2.11. The predicted molar refractivity (Wildman–Crippen MR) is 104 cm³/mol. The molecule has 0 heterocycles. The Hall–Kier alpha value is -0.300. The van der Waals surface area contributed by atoms with Gasteiger partial charge in [0.2, 0.25) is 0 Å². The highest BCUT2D eigenvalue weighted by molar-refractivity contribution is 14.0. The summed E-state index contributed by atoms with van der Waals surface area (Å²) in [6, 6.07) is 1.16. The summed E-state index contributed by atoms with van der Waals surface area (Å²) >= 11 is 0. The van der Waals surface area contributed by atoms with Gasteiger partial charge in [0, 0.05) is 25.2 Å². The molecule has 0 aromatic rings. The Bertz CT molecular complexity index is 307. The zero-order valence-electron chi connectivity index (χ0n) is 14.1. The van der Waals surface area contributed by atoms with Crippen LogP contribution in [0.25, 0.3) is 0 Å². The van der Waals surface area contributed by atoms with Crippen molar-refractivity contribution in [2.75, 3.05) is 26.7 Å². The number of nitrogens with one attached hydrogen (secondary N) is 2. The van der Waals surface area contributed by atoms with Gasteiger partial charge in [0.1, 0.15) is 0 Å². The van der Waals surface area contributed by atoms with Crippen LogP contribution in [0.15, 0.2) is 17.1 Å². The van der Waals surface area contributed by atoms with E-state index in [9.17, 15) is 0 Å². The van der Waals surface area contributed by atoms with Crippen molar-refractivity contribution in [3.63, 3.8) is 0 Å². The lowest BCUT2D eigenvalue weighted by Gasteiger charge is -2.20. The van der Waals surface area contributed by atoms with Crippen molar-refractivity contribution in [2.24, 2.45) is 4.99 Å². The topological polar surface area (TPSA) is 39.7 Å². The van der Waals surface area contributed by atoms with Crippen molar-refractivity contribution < 1.29 is 0 Å². The van der Waals surface area contributed by atoms with E-state index in [1.807, 2.05) is 0 Å². The first-order valence-corrected chi connectivity index (χ1v) is 8.03. The lowest BCUT2D eigenvalue weighted by atomic mass is 10.2. The number of rotatable bonds is 8. The lowest BCUT2D eigenvalue weighted by Crippen LogP contribution is -2.42. The fourth-order valence-corrected chi connectivity index (χ4v) is 2.17.